The smallest absolute Gasteiger partial charge is 0.237 e. The SMILES string of the molecule is CCCN(CC(=O)N1CCc2sccc2[C@H]1COc1ccc(F)cc1)C[C@@H](O)COc1ccccc1C. The van der Waals surface area contributed by atoms with Crippen molar-refractivity contribution in [2.45, 2.75) is 38.8 Å². The van der Waals surface area contributed by atoms with Crippen molar-refractivity contribution >= 4 is 17.2 Å². The van der Waals surface area contributed by atoms with Crippen LogP contribution in [0, 0.1) is 12.7 Å². The van der Waals surface area contributed by atoms with Crippen LogP contribution >= 0.6 is 11.3 Å². The molecular formula is C29H35FN2O4S. The van der Waals surface area contributed by atoms with Crippen LogP contribution in [0.4, 0.5) is 4.39 Å². The van der Waals surface area contributed by atoms with Crippen molar-refractivity contribution in [2.75, 3.05) is 39.4 Å². The maximum atomic E-state index is 13.6. The van der Waals surface area contributed by atoms with E-state index < -0.39 is 6.10 Å². The highest BCUT2D eigenvalue weighted by atomic mass is 32.1. The number of benzene rings is 2. The molecule has 198 valence electrons. The van der Waals surface area contributed by atoms with E-state index >= 15 is 0 Å². The summed E-state index contributed by atoms with van der Waals surface area (Å²) < 4.78 is 25.1. The number of aliphatic hydroxyl groups is 1. The summed E-state index contributed by atoms with van der Waals surface area (Å²) in [6, 6.07) is 15.5. The molecule has 3 aromatic rings. The van der Waals surface area contributed by atoms with E-state index in [2.05, 4.69) is 18.4 Å². The Labute approximate surface area is 222 Å². The second-order valence-corrected chi connectivity index (χ2v) is 10.4. The molecule has 4 rings (SSSR count). The minimum absolute atomic E-state index is 0.00466. The molecule has 0 spiro atoms. The molecule has 8 heteroatoms. The number of para-hydroxylation sites is 1. The topological polar surface area (TPSA) is 62.2 Å². The molecule has 2 aromatic carbocycles. The lowest BCUT2D eigenvalue weighted by Crippen LogP contribution is -2.48. The Balaban J connectivity index is 1.38. The molecule has 2 atom stereocenters. The summed E-state index contributed by atoms with van der Waals surface area (Å²) in [6.45, 7) is 6.35. The van der Waals surface area contributed by atoms with Crippen LogP contribution in [0.2, 0.25) is 0 Å². The average molecular weight is 527 g/mol. The van der Waals surface area contributed by atoms with E-state index in [1.165, 1.54) is 17.0 Å². The standard InChI is InChI=1S/C29H35FN2O4S/c1-3-14-31(17-23(33)19-36-27-7-5-4-6-21(27)2)18-29(34)32-15-12-28-25(13-16-37-28)26(32)20-35-24-10-8-22(30)9-11-24/h4-11,13,16,23,26,33H,3,12,14-15,17-20H2,1-2H3/t23-,26-/m1/s1. The number of rotatable bonds is 12. The summed E-state index contributed by atoms with van der Waals surface area (Å²) in [4.78, 5) is 18.7. The minimum atomic E-state index is -0.721. The van der Waals surface area contributed by atoms with Crippen molar-refractivity contribution in [3.8, 4) is 11.5 Å². The Morgan fingerprint density at radius 1 is 1.19 bits per heavy atom. The molecule has 1 aliphatic rings. The first-order chi connectivity index (χ1) is 17.9. The second kappa shape index (κ2) is 13.0. The molecule has 0 saturated carbocycles. The van der Waals surface area contributed by atoms with Crippen molar-refractivity contribution in [3.63, 3.8) is 0 Å². The Morgan fingerprint density at radius 2 is 1.97 bits per heavy atom. The van der Waals surface area contributed by atoms with Crippen LogP contribution in [0.5, 0.6) is 11.5 Å². The van der Waals surface area contributed by atoms with Gasteiger partial charge in [0.05, 0.1) is 12.6 Å². The molecule has 0 fully saturated rings. The van der Waals surface area contributed by atoms with Gasteiger partial charge in [0.25, 0.3) is 0 Å². The fraction of sp³-hybridized carbons (Fsp3) is 0.414. The van der Waals surface area contributed by atoms with Gasteiger partial charge in [0.15, 0.2) is 0 Å². The van der Waals surface area contributed by atoms with E-state index in [1.807, 2.05) is 41.0 Å². The van der Waals surface area contributed by atoms with Crippen LogP contribution in [-0.2, 0) is 11.2 Å². The van der Waals surface area contributed by atoms with Gasteiger partial charge in [-0.2, -0.15) is 0 Å². The van der Waals surface area contributed by atoms with Gasteiger partial charge in [-0.15, -0.1) is 11.3 Å². The number of aryl methyl sites for hydroxylation is 1. The number of halogens is 1. The van der Waals surface area contributed by atoms with Crippen molar-refractivity contribution in [2.24, 2.45) is 0 Å². The Hall–Kier alpha value is -2.94. The van der Waals surface area contributed by atoms with E-state index in [1.54, 1.807) is 23.5 Å². The number of carbonyl (C=O) groups is 1. The van der Waals surface area contributed by atoms with Crippen molar-refractivity contribution in [1.82, 2.24) is 9.80 Å². The maximum Gasteiger partial charge on any atom is 0.237 e. The molecule has 37 heavy (non-hydrogen) atoms. The zero-order chi connectivity index (χ0) is 26.2. The van der Waals surface area contributed by atoms with Gasteiger partial charge in [-0.25, -0.2) is 4.39 Å². The predicted octanol–water partition coefficient (Wildman–Crippen LogP) is 4.85. The molecule has 2 heterocycles. The highest BCUT2D eigenvalue weighted by Crippen LogP contribution is 2.34. The number of ether oxygens (including phenoxy) is 2. The number of carbonyl (C=O) groups excluding carboxylic acids is 1. The number of thiophene rings is 1. The van der Waals surface area contributed by atoms with Gasteiger partial charge in [-0.1, -0.05) is 25.1 Å². The van der Waals surface area contributed by atoms with Crippen molar-refractivity contribution < 1.29 is 23.8 Å². The van der Waals surface area contributed by atoms with Crippen LogP contribution in [0.25, 0.3) is 0 Å². The minimum Gasteiger partial charge on any atom is -0.491 e. The summed E-state index contributed by atoms with van der Waals surface area (Å²) in [5.41, 5.74) is 2.13. The summed E-state index contributed by atoms with van der Waals surface area (Å²) in [6.07, 6.45) is 0.957. The van der Waals surface area contributed by atoms with Crippen molar-refractivity contribution in [1.29, 1.82) is 0 Å². The van der Waals surface area contributed by atoms with Crippen LogP contribution in [0.3, 0.4) is 0 Å². The molecule has 1 aromatic heterocycles. The zero-order valence-electron chi connectivity index (χ0n) is 21.4. The van der Waals surface area contributed by atoms with Gasteiger partial charge in [0.2, 0.25) is 5.91 Å². The first kappa shape index (κ1) is 27.1. The zero-order valence-corrected chi connectivity index (χ0v) is 22.3. The lowest BCUT2D eigenvalue weighted by atomic mass is 10.0. The number of amides is 1. The average Bonchev–Trinajstić information content (AvgIpc) is 3.37. The third-order valence-electron chi connectivity index (χ3n) is 6.53. The number of fused-ring (bicyclic) bond motifs is 1. The number of hydrogen-bond acceptors (Lipinski definition) is 6. The maximum absolute atomic E-state index is 13.6. The quantitative estimate of drug-likeness (QED) is 0.366. The van der Waals surface area contributed by atoms with Gasteiger partial charge in [0.1, 0.15) is 36.6 Å². The van der Waals surface area contributed by atoms with E-state index in [-0.39, 0.29) is 30.9 Å². The lowest BCUT2D eigenvalue weighted by Gasteiger charge is -2.37. The van der Waals surface area contributed by atoms with Gasteiger partial charge in [0, 0.05) is 18.0 Å². The van der Waals surface area contributed by atoms with E-state index in [4.69, 9.17) is 9.47 Å². The molecule has 1 amide bonds. The van der Waals surface area contributed by atoms with Crippen LogP contribution in [0.1, 0.15) is 35.4 Å². The largest absolute Gasteiger partial charge is 0.491 e. The van der Waals surface area contributed by atoms with E-state index in [0.717, 1.165) is 29.7 Å². The van der Waals surface area contributed by atoms with Gasteiger partial charge in [-0.3, -0.25) is 9.69 Å². The number of hydrogen-bond donors (Lipinski definition) is 1. The molecule has 6 nitrogen and oxygen atoms in total. The highest BCUT2D eigenvalue weighted by Gasteiger charge is 2.33. The van der Waals surface area contributed by atoms with E-state index in [0.29, 0.717) is 32.0 Å². The monoisotopic (exact) mass is 526 g/mol. The first-order valence-electron chi connectivity index (χ1n) is 12.8. The molecule has 0 bridgehead atoms. The van der Waals surface area contributed by atoms with Gasteiger partial charge in [-0.05, 0) is 79.2 Å². The van der Waals surface area contributed by atoms with Crippen LogP contribution in [0.15, 0.2) is 60.0 Å². The molecule has 1 N–H and O–H groups in total. The fourth-order valence-electron chi connectivity index (χ4n) is 4.67. The molecule has 0 saturated heterocycles. The molecule has 0 unspecified atom stereocenters. The lowest BCUT2D eigenvalue weighted by molar-refractivity contribution is -0.136. The number of aliphatic hydroxyl groups excluding tert-OH is 1. The third-order valence-corrected chi connectivity index (χ3v) is 7.53. The molecule has 0 radical (unpaired) electrons. The normalized spacial score (nSPS) is 15.9. The third kappa shape index (κ3) is 7.31. The summed E-state index contributed by atoms with van der Waals surface area (Å²) in [5.74, 6) is 1.01. The fourth-order valence-corrected chi connectivity index (χ4v) is 5.60. The van der Waals surface area contributed by atoms with Gasteiger partial charge < -0.3 is 19.5 Å². The summed E-state index contributed by atoms with van der Waals surface area (Å²) in [5, 5.41) is 12.7. The van der Waals surface area contributed by atoms with Crippen LogP contribution in [-0.4, -0.2) is 66.3 Å². The Morgan fingerprint density at radius 3 is 2.73 bits per heavy atom. The van der Waals surface area contributed by atoms with Gasteiger partial charge >= 0.3 is 0 Å². The summed E-state index contributed by atoms with van der Waals surface area (Å²) in [7, 11) is 0. The first-order valence-corrected chi connectivity index (χ1v) is 13.7. The molecular weight excluding hydrogens is 491 g/mol. The Bertz CT molecular complexity index is 1150. The molecule has 0 aliphatic carbocycles. The highest BCUT2D eigenvalue weighted by molar-refractivity contribution is 7.10. The van der Waals surface area contributed by atoms with Crippen LogP contribution < -0.4 is 9.47 Å². The van der Waals surface area contributed by atoms with E-state index in [9.17, 15) is 14.3 Å². The molecule has 1 aliphatic heterocycles. The Kier molecular flexibility index (Phi) is 9.55. The summed E-state index contributed by atoms with van der Waals surface area (Å²) >= 11 is 1.70. The second-order valence-electron chi connectivity index (χ2n) is 9.38. The number of nitrogens with zero attached hydrogens (tertiary/aromatic N) is 2. The predicted molar refractivity (Wildman–Crippen MR) is 144 cm³/mol. The van der Waals surface area contributed by atoms with Crippen molar-refractivity contribution in [3.05, 3.63) is 81.8 Å².